The van der Waals surface area contributed by atoms with E-state index < -0.39 is 0 Å². The Balaban J connectivity index is 2.16. The van der Waals surface area contributed by atoms with Crippen LogP contribution in [0, 0.1) is 26.6 Å². The van der Waals surface area contributed by atoms with Gasteiger partial charge < -0.3 is 5.73 Å². The molecular formula is C21H16N4S2. The fourth-order valence-electron chi connectivity index (χ4n) is 3.95. The van der Waals surface area contributed by atoms with Crippen molar-refractivity contribution in [1.29, 1.82) is 10.5 Å². The molecule has 0 fully saturated rings. The Hall–Kier alpha value is -2.93. The van der Waals surface area contributed by atoms with Crippen LogP contribution in [0.4, 0.5) is 5.69 Å². The van der Waals surface area contributed by atoms with Crippen LogP contribution >= 0.6 is 23.6 Å². The van der Waals surface area contributed by atoms with Gasteiger partial charge in [-0.2, -0.15) is 10.5 Å². The summed E-state index contributed by atoms with van der Waals surface area (Å²) in [5, 5.41) is 19.5. The number of rotatable bonds is 1. The van der Waals surface area contributed by atoms with E-state index in [1.807, 2.05) is 30.3 Å². The van der Waals surface area contributed by atoms with E-state index in [2.05, 4.69) is 30.6 Å². The van der Waals surface area contributed by atoms with Crippen LogP contribution in [0.2, 0.25) is 0 Å². The molecule has 0 aliphatic heterocycles. The van der Waals surface area contributed by atoms with Crippen molar-refractivity contribution in [3.63, 3.8) is 0 Å². The van der Waals surface area contributed by atoms with Crippen molar-refractivity contribution in [2.24, 2.45) is 0 Å². The molecule has 1 aliphatic rings. The molecule has 0 bridgehead atoms. The molecule has 6 heteroatoms. The molecule has 132 valence electrons. The van der Waals surface area contributed by atoms with E-state index in [0.717, 1.165) is 37.8 Å². The maximum absolute atomic E-state index is 9.79. The molecule has 2 N–H and O–H groups in total. The standard InChI is InChI=1S/C21H16N4S2/c1-21(2)9-16-19(27-20(26)25(16)13-6-4-3-5-7-13)17-14(11-23)15(24)8-12(10-22)18(17)21/h3-8H,9,24H2,1-2H3. The average Bonchev–Trinajstić information content (AvgIpc) is 2.96. The molecule has 0 spiro atoms. The van der Waals surface area contributed by atoms with E-state index in [4.69, 9.17) is 18.0 Å². The number of thiazole rings is 1. The van der Waals surface area contributed by atoms with Crippen molar-refractivity contribution < 1.29 is 0 Å². The van der Waals surface area contributed by atoms with E-state index in [-0.39, 0.29) is 5.41 Å². The third-order valence-corrected chi connectivity index (χ3v) is 6.46. The number of nitriles is 2. The lowest BCUT2D eigenvalue weighted by Crippen LogP contribution is -2.29. The number of hydrogen-bond donors (Lipinski definition) is 1. The number of benzene rings is 2. The molecular weight excluding hydrogens is 372 g/mol. The SMILES string of the molecule is CC1(C)Cc2c(sc(=S)n2-c2ccccc2)-c2c(C#N)c(N)cc(C#N)c21. The largest absolute Gasteiger partial charge is 0.398 e. The van der Waals surface area contributed by atoms with Gasteiger partial charge in [-0.05, 0) is 47.8 Å². The van der Waals surface area contributed by atoms with Gasteiger partial charge in [0.2, 0.25) is 0 Å². The molecule has 0 saturated heterocycles. The number of aromatic nitrogens is 1. The first-order valence-corrected chi connectivity index (χ1v) is 9.69. The van der Waals surface area contributed by atoms with Gasteiger partial charge in [0, 0.05) is 16.9 Å². The summed E-state index contributed by atoms with van der Waals surface area (Å²) in [6.07, 6.45) is 0.723. The number of nitrogens with zero attached hydrogens (tertiary/aromatic N) is 3. The highest BCUT2D eigenvalue weighted by Gasteiger charge is 2.38. The third-order valence-electron chi connectivity index (χ3n) is 5.02. The van der Waals surface area contributed by atoms with E-state index in [9.17, 15) is 10.5 Å². The van der Waals surface area contributed by atoms with E-state index >= 15 is 0 Å². The zero-order valence-electron chi connectivity index (χ0n) is 14.9. The Kier molecular flexibility index (Phi) is 3.92. The fourth-order valence-corrected chi connectivity index (χ4v) is 5.48. The predicted octanol–water partition coefficient (Wildman–Crippen LogP) is 5.09. The maximum atomic E-state index is 9.79. The maximum Gasteiger partial charge on any atom is 0.166 e. The monoisotopic (exact) mass is 388 g/mol. The van der Waals surface area contributed by atoms with Crippen LogP contribution in [0.25, 0.3) is 16.1 Å². The minimum absolute atomic E-state index is 0.327. The van der Waals surface area contributed by atoms with Gasteiger partial charge in [0.1, 0.15) is 6.07 Å². The van der Waals surface area contributed by atoms with E-state index in [1.54, 1.807) is 6.07 Å². The zero-order chi connectivity index (χ0) is 19.3. The highest BCUT2D eigenvalue weighted by atomic mass is 32.1. The second kappa shape index (κ2) is 6.06. The molecule has 0 unspecified atom stereocenters. The van der Waals surface area contributed by atoms with Crippen LogP contribution in [0.15, 0.2) is 36.4 Å². The minimum Gasteiger partial charge on any atom is -0.398 e. The number of para-hydroxylation sites is 1. The Morgan fingerprint density at radius 3 is 2.52 bits per heavy atom. The fraction of sp³-hybridized carbons (Fsp3) is 0.190. The summed E-state index contributed by atoms with van der Waals surface area (Å²) in [7, 11) is 0. The smallest absolute Gasteiger partial charge is 0.166 e. The highest BCUT2D eigenvalue weighted by molar-refractivity contribution is 7.73. The normalized spacial score (nSPS) is 13.9. The third kappa shape index (κ3) is 2.49. The Morgan fingerprint density at radius 2 is 1.89 bits per heavy atom. The molecule has 0 amide bonds. The number of anilines is 1. The Labute approximate surface area is 166 Å². The van der Waals surface area contributed by atoms with Crippen molar-refractivity contribution in [1.82, 2.24) is 4.57 Å². The summed E-state index contributed by atoms with van der Waals surface area (Å²) in [5.74, 6) is 0. The molecule has 0 radical (unpaired) electrons. The van der Waals surface area contributed by atoms with Gasteiger partial charge in [-0.3, -0.25) is 4.57 Å². The molecule has 1 heterocycles. The Bertz CT molecular complexity index is 1220. The molecule has 1 aliphatic carbocycles. The predicted molar refractivity (Wildman–Crippen MR) is 110 cm³/mol. The average molecular weight is 389 g/mol. The van der Waals surface area contributed by atoms with Crippen molar-refractivity contribution >= 4 is 29.2 Å². The topological polar surface area (TPSA) is 78.5 Å². The lowest BCUT2D eigenvalue weighted by Gasteiger charge is -2.34. The highest BCUT2D eigenvalue weighted by Crippen LogP contribution is 2.50. The molecule has 0 saturated carbocycles. The van der Waals surface area contributed by atoms with Crippen molar-refractivity contribution in [2.75, 3.05) is 5.73 Å². The van der Waals surface area contributed by atoms with Gasteiger partial charge in [0.15, 0.2) is 3.95 Å². The summed E-state index contributed by atoms with van der Waals surface area (Å²) in [5.41, 5.74) is 10.8. The first-order chi connectivity index (χ1) is 12.9. The molecule has 3 aromatic rings. The van der Waals surface area contributed by atoms with Gasteiger partial charge >= 0.3 is 0 Å². The summed E-state index contributed by atoms with van der Waals surface area (Å²) < 4.78 is 2.80. The van der Waals surface area contributed by atoms with Crippen LogP contribution in [0.3, 0.4) is 0 Å². The second-order valence-corrected chi connectivity index (χ2v) is 8.88. The zero-order valence-corrected chi connectivity index (χ0v) is 16.5. The quantitative estimate of drug-likeness (QED) is 0.465. The number of nitrogen functional groups attached to an aromatic ring is 1. The van der Waals surface area contributed by atoms with Gasteiger partial charge in [-0.25, -0.2) is 0 Å². The number of hydrogen-bond acceptors (Lipinski definition) is 5. The van der Waals surface area contributed by atoms with Crippen molar-refractivity contribution in [3.8, 4) is 28.3 Å². The lowest BCUT2D eigenvalue weighted by molar-refractivity contribution is 0.504. The van der Waals surface area contributed by atoms with Gasteiger partial charge in [-0.1, -0.05) is 32.0 Å². The van der Waals surface area contributed by atoms with Crippen molar-refractivity contribution in [2.45, 2.75) is 25.7 Å². The van der Waals surface area contributed by atoms with Crippen LogP contribution in [0.5, 0.6) is 0 Å². The first kappa shape index (κ1) is 17.5. The minimum atomic E-state index is -0.327. The summed E-state index contributed by atoms with van der Waals surface area (Å²) in [4.78, 5) is 0.943. The summed E-state index contributed by atoms with van der Waals surface area (Å²) in [6, 6.07) is 16.1. The van der Waals surface area contributed by atoms with Gasteiger partial charge in [0.25, 0.3) is 0 Å². The van der Waals surface area contributed by atoms with E-state index in [0.29, 0.717) is 16.8 Å². The molecule has 2 aromatic carbocycles. The van der Waals surface area contributed by atoms with E-state index in [1.165, 1.54) is 11.3 Å². The number of fused-ring (bicyclic) bond motifs is 3. The second-order valence-electron chi connectivity index (χ2n) is 7.24. The van der Waals surface area contributed by atoms with Crippen LogP contribution in [-0.4, -0.2) is 4.57 Å². The molecule has 0 atom stereocenters. The van der Waals surface area contributed by atoms with Crippen LogP contribution in [-0.2, 0) is 11.8 Å². The van der Waals surface area contributed by atoms with Crippen molar-refractivity contribution in [3.05, 3.63) is 62.7 Å². The molecule has 27 heavy (non-hydrogen) atoms. The summed E-state index contributed by atoms with van der Waals surface area (Å²) >= 11 is 7.16. The van der Waals surface area contributed by atoms with Crippen LogP contribution < -0.4 is 5.73 Å². The Morgan fingerprint density at radius 1 is 1.19 bits per heavy atom. The molecule has 4 rings (SSSR count). The molecule has 1 aromatic heterocycles. The van der Waals surface area contributed by atoms with Crippen LogP contribution in [0.1, 0.15) is 36.2 Å². The number of nitrogens with two attached hydrogens (primary N) is 1. The lowest BCUT2D eigenvalue weighted by atomic mass is 9.70. The summed E-state index contributed by atoms with van der Waals surface area (Å²) in [6.45, 7) is 4.20. The first-order valence-electron chi connectivity index (χ1n) is 8.46. The molecule has 4 nitrogen and oxygen atoms in total. The van der Waals surface area contributed by atoms with Gasteiger partial charge in [-0.15, -0.1) is 11.3 Å². The van der Waals surface area contributed by atoms with Gasteiger partial charge in [0.05, 0.1) is 27.8 Å².